The van der Waals surface area contributed by atoms with E-state index in [9.17, 15) is 0 Å². The topological polar surface area (TPSA) is 87.0 Å². The summed E-state index contributed by atoms with van der Waals surface area (Å²) in [5, 5.41) is 0. The SMILES string of the molecule is c1cc(C(c2ccc(OCC3CO3)cc2)c2ccc(C(c3ccc(OCC4CO4)cc3)c3ccc(OCC4CO4)cc3)cc2)ccc1OCC1CO1. The van der Waals surface area contributed by atoms with Crippen LogP contribution in [-0.4, -0.2) is 77.3 Å². The minimum atomic E-state index is 0.00731. The van der Waals surface area contributed by atoms with Crippen LogP contribution in [0.3, 0.4) is 0 Å². The van der Waals surface area contributed by atoms with E-state index >= 15 is 0 Å². The maximum Gasteiger partial charge on any atom is 0.119 e. The van der Waals surface area contributed by atoms with Crippen molar-refractivity contribution in [2.24, 2.45) is 0 Å². The molecule has 0 amide bonds. The van der Waals surface area contributed by atoms with E-state index in [4.69, 9.17) is 37.9 Å². The molecule has 0 bridgehead atoms. The Morgan fingerprint density at radius 2 is 0.500 bits per heavy atom. The van der Waals surface area contributed by atoms with Crippen molar-refractivity contribution in [1.29, 1.82) is 0 Å². The first-order chi connectivity index (χ1) is 25.7. The predicted octanol–water partition coefficient (Wildman–Crippen LogP) is 7.16. The van der Waals surface area contributed by atoms with Gasteiger partial charge in [-0.3, -0.25) is 0 Å². The first-order valence-electron chi connectivity index (χ1n) is 18.2. The molecule has 4 aliphatic rings. The number of rotatable bonds is 18. The van der Waals surface area contributed by atoms with Gasteiger partial charge < -0.3 is 37.9 Å². The Hall–Kier alpha value is -4.86. The van der Waals surface area contributed by atoms with Crippen molar-refractivity contribution in [3.8, 4) is 23.0 Å². The molecule has 0 aromatic heterocycles. The molecule has 5 aromatic rings. The highest BCUT2D eigenvalue weighted by Crippen LogP contribution is 2.38. The summed E-state index contributed by atoms with van der Waals surface area (Å²) in [5.41, 5.74) is 7.11. The largest absolute Gasteiger partial charge is 0.491 e. The molecule has 4 atom stereocenters. The van der Waals surface area contributed by atoms with Crippen LogP contribution in [0.5, 0.6) is 23.0 Å². The van der Waals surface area contributed by atoms with E-state index in [1.54, 1.807) is 0 Å². The molecular weight excluding hydrogens is 656 g/mol. The summed E-state index contributed by atoms with van der Waals surface area (Å²) in [6.45, 7) is 5.41. The lowest BCUT2D eigenvalue weighted by Gasteiger charge is -2.23. The number of hydrogen-bond donors (Lipinski definition) is 0. The second-order valence-electron chi connectivity index (χ2n) is 13.9. The highest BCUT2D eigenvalue weighted by atomic mass is 16.6. The average Bonchev–Trinajstić information content (AvgIpc) is 3.98. The van der Waals surface area contributed by atoms with Gasteiger partial charge in [-0.1, -0.05) is 72.8 Å². The van der Waals surface area contributed by atoms with E-state index in [1.165, 1.54) is 33.4 Å². The van der Waals surface area contributed by atoms with Crippen LogP contribution in [0, 0.1) is 0 Å². The Morgan fingerprint density at radius 1 is 0.327 bits per heavy atom. The lowest BCUT2D eigenvalue weighted by molar-refractivity contribution is 0.263. The van der Waals surface area contributed by atoms with Crippen molar-refractivity contribution in [1.82, 2.24) is 0 Å². The molecule has 8 heteroatoms. The Labute approximate surface area is 304 Å². The molecular formula is C44H42O8. The van der Waals surface area contributed by atoms with Crippen LogP contribution in [-0.2, 0) is 18.9 Å². The van der Waals surface area contributed by atoms with Gasteiger partial charge in [0.2, 0.25) is 0 Å². The van der Waals surface area contributed by atoms with Gasteiger partial charge in [-0.25, -0.2) is 0 Å². The molecule has 9 rings (SSSR count). The molecule has 4 saturated heterocycles. The van der Waals surface area contributed by atoms with Crippen molar-refractivity contribution < 1.29 is 37.9 Å². The van der Waals surface area contributed by atoms with Crippen LogP contribution in [0.2, 0.25) is 0 Å². The maximum absolute atomic E-state index is 5.96. The monoisotopic (exact) mass is 698 g/mol. The minimum Gasteiger partial charge on any atom is -0.491 e. The fourth-order valence-electron chi connectivity index (χ4n) is 6.48. The van der Waals surface area contributed by atoms with Crippen LogP contribution in [0.25, 0.3) is 0 Å². The maximum atomic E-state index is 5.96. The third kappa shape index (κ3) is 8.60. The number of epoxide rings is 4. The van der Waals surface area contributed by atoms with Crippen LogP contribution < -0.4 is 18.9 Å². The lowest BCUT2D eigenvalue weighted by atomic mass is 9.81. The third-order valence-corrected chi connectivity index (χ3v) is 9.81. The zero-order chi connectivity index (χ0) is 34.7. The van der Waals surface area contributed by atoms with Gasteiger partial charge in [-0.2, -0.15) is 0 Å². The van der Waals surface area contributed by atoms with Crippen molar-refractivity contribution in [2.45, 2.75) is 36.3 Å². The highest BCUT2D eigenvalue weighted by molar-refractivity contribution is 5.50. The number of benzene rings is 5. The fraction of sp³-hybridized carbons (Fsp3) is 0.318. The standard InChI is InChI=1S/C44H42O8/c1-2-30(44(33-9-17-37(18-10-33)47-23-41-27-51-41)34-11-19-38(20-12-34)48-24-42-28-52-42)4-3-29(1)43(31-5-13-35(14-6-31)45-21-39-25-49-39)32-7-15-36(16-8-32)46-22-40-26-50-40/h1-20,39-44H,21-28H2. The molecule has 266 valence electrons. The van der Waals surface area contributed by atoms with E-state index < -0.39 is 0 Å². The number of ether oxygens (including phenoxy) is 8. The first kappa shape index (κ1) is 33.0. The molecule has 52 heavy (non-hydrogen) atoms. The Morgan fingerprint density at radius 3 is 0.673 bits per heavy atom. The van der Waals surface area contributed by atoms with Gasteiger partial charge in [-0.05, 0) is 81.9 Å². The van der Waals surface area contributed by atoms with E-state index in [0.717, 1.165) is 49.4 Å². The van der Waals surface area contributed by atoms with E-state index in [0.29, 0.717) is 26.4 Å². The zero-order valence-corrected chi connectivity index (χ0v) is 28.9. The molecule has 5 aromatic carbocycles. The molecule has 4 heterocycles. The number of hydrogen-bond acceptors (Lipinski definition) is 8. The summed E-state index contributed by atoms with van der Waals surface area (Å²) in [4.78, 5) is 0. The van der Waals surface area contributed by atoms with Gasteiger partial charge in [0.1, 0.15) is 73.8 Å². The van der Waals surface area contributed by atoms with Crippen molar-refractivity contribution >= 4 is 0 Å². The van der Waals surface area contributed by atoms with Crippen LogP contribution in [0.1, 0.15) is 45.2 Å². The summed E-state index contributed by atoms with van der Waals surface area (Å²) >= 11 is 0. The van der Waals surface area contributed by atoms with Gasteiger partial charge >= 0.3 is 0 Å². The third-order valence-electron chi connectivity index (χ3n) is 9.81. The van der Waals surface area contributed by atoms with E-state index in [2.05, 4.69) is 121 Å². The Kier molecular flexibility index (Phi) is 9.53. The van der Waals surface area contributed by atoms with Gasteiger partial charge in [0.05, 0.1) is 26.4 Å². The summed E-state index contributed by atoms with van der Waals surface area (Å²) in [7, 11) is 0. The second-order valence-corrected chi connectivity index (χ2v) is 13.9. The molecule has 0 spiro atoms. The van der Waals surface area contributed by atoms with Crippen molar-refractivity contribution in [3.63, 3.8) is 0 Å². The minimum absolute atomic E-state index is 0.00731. The van der Waals surface area contributed by atoms with Gasteiger partial charge in [0.15, 0.2) is 0 Å². The summed E-state index contributed by atoms with van der Waals surface area (Å²) in [5.74, 6) is 3.39. The molecule has 4 aliphatic heterocycles. The van der Waals surface area contributed by atoms with Crippen LogP contribution in [0.15, 0.2) is 121 Å². The molecule has 8 nitrogen and oxygen atoms in total. The van der Waals surface area contributed by atoms with Crippen molar-refractivity contribution in [3.05, 3.63) is 155 Å². The fourth-order valence-corrected chi connectivity index (χ4v) is 6.48. The van der Waals surface area contributed by atoms with Crippen LogP contribution >= 0.6 is 0 Å². The molecule has 0 N–H and O–H groups in total. The zero-order valence-electron chi connectivity index (χ0n) is 28.9. The van der Waals surface area contributed by atoms with Crippen molar-refractivity contribution in [2.75, 3.05) is 52.9 Å². The molecule has 0 radical (unpaired) electrons. The summed E-state index contributed by atoms with van der Waals surface area (Å²) in [6.07, 6.45) is 0.850. The molecule has 4 unspecified atom stereocenters. The summed E-state index contributed by atoms with van der Waals surface area (Å²) < 4.78 is 45.1. The molecule has 0 saturated carbocycles. The lowest BCUT2D eigenvalue weighted by Crippen LogP contribution is -2.08. The second kappa shape index (κ2) is 15.0. The predicted molar refractivity (Wildman–Crippen MR) is 195 cm³/mol. The Bertz CT molecular complexity index is 1630. The van der Waals surface area contributed by atoms with Gasteiger partial charge in [0, 0.05) is 11.8 Å². The average molecular weight is 699 g/mol. The first-order valence-corrected chi connectivity index (χ1v) is 18.2. The van der Waals surface area contributed by atoms with Gasteiger partial charge in [-0.15, -0.1) is 0 Å². The highest BCUT2D eigenvalue weighted by Gasteiger charge is 2.26. The van der Waals surface area contributed by atoms with E-state index in [1.807, 2.05) is 0 Å². The quantitative estimate of drug-likeness (QED) is 0.0705. The Balaban J connectivity index is 1.00. The normalized spacial score (nSPS) is 22.2. The molecule has 4 fully saturated rings. The molecule has 0 aliphatic carbocycles. The van der Waals surface area contributed by atoms with E-state index in [-0.39, 0.29) is 36.3 Å². The van der Waals surface area contributed by atoms with Gasteiger partial charge in [0.25, 0.3) is 0 Å². The summed E-state index contributed by atoms with van der Waals surface area (Å²) in [6, 6.07) is 42.8. The smallest absolute Gasteiger partial charge is 0.119 e. The van der Waals surface area contributed by atoms with Crippen LogP contribution in [0.4, 0.5) is 0 Å².